The standard InChI is InChI=1S/C20H13BrClN3O/c21-14-5-3-4-13(8-14)10-25-11-17(15-6-1-2-7-18(15)25)19(26)16-9-23-12-24-20(16)22/h1-9,11-12H,10H2. The molecule has 0 aliphatic carbocycles. The van der Waals surface area contributed by atoms with E-state index in [1.807, 2.05) is 42.6 Å². The molecule has 26 heavy (non-hydrogen) atoms. The van der Waals surface area contributed by atoms with Crippen LogP contribution in [0.15, 0.2) is 71.7 Å². The lowest BCUT2D eigenvalue weighted by molar-refractivity contribution is 0.103. The van der Waals surface area contributed by atoms with Gasteiger partial charge in [-0.2, -0.15) is 0 Å². The summed E-state index contributed by atoms with van der Waals surface area (Å²) < 4.78 is 3.10. The SMILES string of the molecule is O=C(c1cncnc1Cl)c1cn(Cc2cccc(Br)c2)c2ccccc12. The Labute approximate surface area is 163 Å². The molecule has 0 atom stereocenters. The van der Waals surface area contributed by atoms with E-state index >= 15 is 0 Å². The number of fused-ring (bicyclic) bond motifs is 1. The Kier molecular flexibility index (Phi) is 4.57. The predicted molar refractivity (Wildman–Crippen MR) is 106 cm³/mol. The van der Waals surface area contributed by atoms with Gasteiger partial charge in [0.15, 0.2) is 5.78 Å². The van der Waals surface area contributed by atoms with Crippen LogP contribution in [0.2, 0.25) is 5.15 Å². The lowest BCUT2D eigenvalue weighted by Gasteiger charge is -2.06. The summed E-state index contributed by atoms with van der Waals surface area (Å²) in [6.07, 6.45) is 4.66. The number of benzene rings is 2. The van der Waals surface area contributed by atoms with Crippen LogP contribution in [0.3, 0.4) is 0 Å². The zero-order valence-corrected chi connectivity index (χ0v) is 15.9. The Morgan fingerprint density at radius 1 is 1.12 bits per heavy atom. The van der Waals surface area contributed by atoms with E-state index in [9.17, 15) is 4.79 Å². The van der Waals surface area contributed by atoms with Gasteiger partial charge in [-0.1, -0.05) is 57.9 Å². The number of carbonyl (C=O) groups excluding carboxylic acids is 1. The van der Waals surface area contributed by atoms with E-state index in [0.717, 1.165) is 20.9 Å². The minimum atomic E-state index is -0.181. The minimum absolute atomic E-state index is 0.161. The summed E-state index contributed by atoms with van der Waals surface area (Å²) in [6.45, 7) is 0.659. The lowest BCUT2D eigenvalue weighted by atomic mass is 10.1. The summed E-state index contributed by atoms with van der Waals surface area (Å²) in [5.41, 5.74) is 3.02. The van der Waals surface area contributed by atoms with Gasteiger partial charge in [0.1, 0.15) is 11.5 Å². The van der Waals surface area contributed by atoms with Gasteiger partial charge in [-0.15, -0.1) is 0 Å². The molecule has 0 fully saturated rings. The van der Waals surface area contributed by atoms with Crippen molar-refractivity contribution in [1.82, 2.24) is 14.5 Å². The van der Waals surface area contributed by atoms with Crippen LogP contribution in [0.5, 0.6) is 0 Å². The van der Waals surface area contributed by atoms with E-state index in [2.05, 4.69) is 42.6 Å². The van der Waals surface area contributed by atoms with Crippen molar-refractivity contribution >= 4 is 44.2 Å². The average molecular weight is 427 g/mol. The first-order valence-corrected chi connectivity index (χ1v) is 9.13. The summed E-state index contributed by atoms with van der Waals surface area (Å²) in [6, 6.07) is 16.0. The van der Waals surface area contributed by atoms with Crippen molar-refractivity contribution in [3.63, 3.8) is 0 Å². The molecular formula is C20H13BrClN3O. The topological polar surface area (TPSA) is 47.8 Å². The number of para-hydroxylation sites is 1. The normalized spacial score (nSPS) is 11.0. The molecule has 2 heterocycles. The van der Waals surface area contributed by atoms with Crippen LogP contribution < -0.4 is 0 Å². The molecule has 0 bridgehead atoms. The highest BCUT2D eigenvalue weighted by Crippen LogP contribution is 2.26. The van der Waals surface area contributed by atoms with Gasteiger partial charge in [-0.3, -0.25) is 4.79 Å². The second kappa shape index (κ2) is 7.02. The van der Waals surface area contributed by atoms with Crippen molar-refractivity contribution < 1.29 is 4.79 Å². The summed E-state index contributed by atoms with van der Waals surface area (Å²) in [5, 5.41) is 1.04. The first-order chi connectivity index (χ1) is 12.6. The van der Waals surface area contributed by atoms with Crippen molar-refractivity contribution in [2.24, 2.45) is 0 Å². The molecule has 2 aromatic carbocycles. The number of nitrogens with zero attached hydrogens (tertiary/aromatic N) is 3. The van der Waals surface area contributed by atoms with Crippen molar-refractivity contribution in [3.05, 3.63) is 93.6 Å². The number of aromatic nitrogens is 3. The Morgan fingerprint density at radius 3 is 2.77 bits per heavy atom. The van der Waals surface area contributed by atoms with Crippen molar-refractivity contribution in [3.8, 4) is 0 Å². The third kappa shape index (κ3) is 3.16. The maximum atomic E-state index is 13.0. The summed E-state index contributed by atoms with van der Waals surface area (Å²) >= 11 is 9.59. The van der Waals surface area contributed by atoms with Crippen molar-refractivity contribution in [2.45, 2.75) is 6.54 Å². The van der Waals surface area contributed by atoms with E-state index in [0.29, 0.717) is 17.7 Å². The number of hydrogen-bond acceptors (Lipinski definition) is 3. The number of rotatable bonds is 4. The van der Waals surface area contributed by atoms with Gasteiger partial charge in [-0.05, 0) is 23.8 Å². The van der Waals surface area contributed by atoms with Gasteiger partial charge in [0, 0.05) is 39.9 Å². The van der Waals surface area contributed by atoms with Gasteiger partial charge < -0.3 is 4.57 Å². The summed E-state index contributed by atoms with van der Waals surface area (Å²) in [7, 11) is 0. The zero-order chi connectivity index (χ0) is 18.1. The van der Waals surface area contributed by atoms with E-state index in [1.165, 1.54) is 12.5 Å². The molecule has 4 nitrogen and oxygen atoms in total. The molecule has 6 heteroatoms. The van der Waals surface area contributed by atoms with Crippen LogP contribution in [-0.4, -0.2) is 20.3 Å². The Hall–Kier alpha value is -2.50. The average Bonchev–Trinajstić information content (AvgIpc) is 3.00. The van der Waals surface area contributed by atoms with Gasteiger partial charge in [0.05, 0.1) is 5.56 Å². The molecule has 128 valence electrons. The lowest BCUT2D eigenvalue weighted by Crippen LogP contribution is -2.04. The highest BCUT2D eigenvalue weighted by atomic mass is 79.9. The molecule has 0 saturated carbocycles. The molecule has 0 radical (unpaired) electrons. The fourth-order valence-electron chi connectivity index (χ4n) is 3.00. The molecule has 0 aliphatic rings. The largest absolute Gasteiger partial charge is 0.342 e. The van der Waals surface area contributed by atoms with E-state index in [1.54, 1.807) is 0 Å². The number of carbonyl (C=O) groups is 1. The third-order valence-corrected chi connectivity index (χ3v) is 4.98. The smallest absolute Gasteiger partial charge is 0.199 e. The van der Waals surface area contributed by atoms with E-state index in [4.69, 9.17) is 11.6 Å². The summed E-state index contributed by atoms with van der Waals surface area (Å²) in [4.78, 5) is 20.9. The molecule has 4 aromatic rings. The molecule has 0 amide bonds. The predicted octanol–water partition coefficient (Wildman–Crippen LogP) is 5.13. The molecule has 0 spiro atoms. The zero-order valence-electron chi connectivity index (χ0n) is 13.6. The first-order valence-electron chi connectivity index (χ1n) is 7.96. The first kappa shape index (κ1) is 16.9. The fraction of sp³-hybridized carbons (Fsp3) is 0.0500. The van der Waals surface area contributed by atoms with Crippen LogP contribution >= 0.6 is 27.5 Å². The van der Waals surface area contributed by atoms with Crippen molar-refractivity contribution in [2.75, 3.05) is 0 Å². The number of ketones is 1. The molecule has 2 aromatic heterocycles. The van der Waals surface area contributed by atoms with Crippen LogP contribution in [0.4, 0.5) is 0 Å². The molecule has 4 rings (SSSR count). The molecule has 0 N–H and O–H groups in total. The molecule has 0 aliphatic heterocycles. The summed E-state index contributed by atoms with van der Waals surface area (Å²) in [5.74, 6) is -0.181. The van der Waals surface area contributed by atoms with Crippen LogP contribution in [0.25, 0.3) is 10.9 Å². The van der Waals surface area contributed by atoms with Gasteiger partial charge in [0.25, 0.3) is 0 Å². The highest BCUT2D eigenvalue weighted by molar-refractivity contribution is 9.10. The van der Waals surface area contributed by atoms with E-state index in [-0.39, 0.29) is 10.9 Å². The third-order valence-electron chi connectivity index (χ3n) is 4.18. The van der Waals surface area contributed by atoms with Gasteiger partial charge in [0.2, 0.25) is 0 Å². The fourth-order valence-corrected chi connectivity index (χ4v) is 3.63. The minimum Gasteiger partial charge on any atom is -0.342 e. The molecular weight excluding hydrogens is 414 g/mol. The van der Waals surface area contributed by atoms with Crippen LogP contribution in [0, 0.1) is 0 Å². The van der Waals surface area contributed by atoms with Crippen LogP contribution in [0.1, 0.15) is 21.5 Å². The van der Waals surface area contributed by atoms with Gasteiger partial charge >= 0.3 is 0 Å². The molecule has 0 unspecified atom stereocenters. The maximum Gasteiger partial charge on any atom is 0.199 e. The molecule has 0 saturated heterocycles. The Morgan fingerprint density at radius 2 is 1.96 bits per heavy atom. The second-order valence-electron chi connectivity index (χ2n) is 5.87. The quantitative estimate of drug-likeness (QED) is 0.336. The van der Waals surface area contributed by atoms with Gasteiger partial charge in [-0.25, -0.2) is 9.97 Å². The van der Waals surface area contributed by atoms with Crippen LogP contribution in [-0.2, 0) is 6.54 Å². The van der Waals surface area contributed by atoms with Crippen molar-refractivity contribution in [1.29, 1.82) is 0 Å². The monoisotopic (exact) mass is 425 g/mol. The Bertz CT molecular complexity index is 1120. The second-order valence-corrected chi connectivity index (χ2v) is 7.15. The highest BCUT2D eigenvalue weighted by Gasteiger charge is 2.19. The number of hydrogen-bond donors (Lipinski definition) is 0. The Balaban J connectivity index is 1.82. The van der Waals surface area contributed by atoms with E-state index < -0.39 is 0 Å². The number of halogens is 2. The maximum absolute atomic E-state index is 13.0.